The first-order chi connectivity index (χ1) is 22.8. The molecule has 4 heterocycles. The van der Waals surface area contributed by atoms with Crippen LogP contribution in [0.25, 0.3) is 0 Å². The first-order valence-electron chi connectivity index (χ1n) is 15.6. The van der Waals surface area contributed by atoms with E-state index in [4.69, 9.17) is 25.5 Å². The van der Waals surface area contributed by atoms with Gasteiger partial charge in [-0.05, 0) is 66.9 Å². The second-order valence-electron chi connectivity index (χ2n) is 11.9. The van der Waals surface area contributed by atoms with E-state index in [1.54, 1.807) is 43.6 Å². The fraction of sp³-hybridized carbons (Fsp3) is 0.353. The van der Waals surface area contributed by atoms with Gasteiger partial charge in [0.05, 0.1) is 37.0 Å². The van der Waals surface area contributed by atoms with Gasteiger partial charge >= 0.3 is 0 Å². The molecule has 1 amide bonds. The molecule has 3 aliphatic rings. The maximum absolute atomic E-state index is 15.4. The third kappa shape index (κ3) is 5.28. The summed E-state index contributed by atoms with van der Waals surface area (Å²) in [4.78, 5) is 24.2. The summed E-state index contributed by atoms with van der Waals surface area (Å²) in [7, 11) is -1.33. The molecule has 0 spiro atoms. The number of aromatic nitrogens is 1. The minimum absolute atomic E-state index is 0.0487. The van der Waals surface area contributed by atoms with E-state index in [9.17, 15) is 8.42 Å². The number of hydrogen-bond donors (Lipinski definition) is 1. The molecule has 4 aromatic rings. The summed E-state index contributed by atoms with van der Waals surface area (Å²) in [5.74, 6) is 0.759. The summed E-state index contributed by atoms with van der Waals surface area (Å²) in [5, 5.41) is 3.75. The van der Waals surface area contributed by atoms with Gasteiger partial charge in [0.15, 0.2) is 5.54 Å². The van der Waals surface area contributed by atoms with Crippen molar-refractivity contribution in [2.75, 3.05) is 51.2 Å². The number of nitrogens with one attached hydrogen (secondary N) is 1. The Kier molecular flexibility index (Phi) is 8.48. The molecule has 2 atom stereocenters. The van der Waals surface area contributed by atoms with Gasteiger partial charge in [0.1, 0.15) is 17.8 Å². The van der Waals surface area contributed by atoms with Crippen LogP contribution in [0.2, 0.25) is 5.02 Å². The predicted molar refractivity (Wildman–Crippen MR) is 176 cm³/mol. The SMILES string of the molecule is COc1ccc(S(=O)(=O)N2C(=O)C(c3ccc(CN4CCNCC4)cc3OC)(N3CCC[C@H]3c3ncco3)c3cc(Cl)ccc32)cc1. The largest absolute Gasteiger partial charge is 0.497 e. The molecule has 0 aliphatic carbocycles. The molecule has 3 aromatic carbocycles. The summed E-state index contributed by atoms with van der Waals surface area (Å²) in [6, 6.07) is 16.3. The van der Waals surface area contributed by atoms with Gasteiger partial charge < -0.3 is 19.2 Å². The number of amides is 1. The molecule has 13 heteroatoms. The Bertz CT molecular complexity index is 1880. The molecule has 0 saturated carbocycles. The highest BCUT2D eigenvalue weighted by Crippen LogP contribution is 2.56. The van der Waals surface area contributed by atoms with Crippen LogP contribution in [0.5, 0.6) is 11.5 Å². The van der Waals surface area contributed by atoms with Crippen LogP contribution in [0.4, 0.5) is 5.69 Å². The first-order valence-corrected chi connectivity index (χ1v) is 17.4. The van der Waals surface area contributed by atoms with Crippen LogP contribution in [0.1, 0.15) is 41.5 Å². The number of oxazole rings is 1. The van der Waals surface area contributed by atoms with Crippen molar-refractivity contribution in [2.45, 2.75) is 35.9 Å². The van der Waals surface area contributed by atoms with Gasteiger partial charge in [-0.2, -0.15) is 0 Å². The average Bonchev–Trinajstić information content (AvgIpc) is 3.84. The van der Waals surface area contributed by atoms with E-state index in [-0.39, 0.29) is 10.6 Å². The van der Waals surface area contributed by atoms with Gasteiger partial charge in [-0.15, -0.1) is 0 Å². The summed E-state index contributed by atoms with van der Waals surface area (Å²) >= 11 is 6.66. The Balaban J connectivity index is 1.45. The van der Waals surface area contributed by atoms with Crippen molar-refractivity contribution < 1.29 is 27.1 Å². The second-order valence-corrected chi connectivity index (χ2v) is 14.1. The van der Waals surface area contributed by atoms with E-state index < -0.39 is 27.5 Å². The van der Waals surface area contributed by atoms with E-state index in [1.807, 2.05) is 23.1 Å². The van der Waals surface area contributed by atoms with Crippen molar-refractivity contribution in [1.82, 2.24) is 20.1 Å². The van der Waals surface area contributed by atoms with Crippen LogP contribution in [0.15, 0.2) is 82.4 Å². The molecule has 2 saturated heterocycles. The Morgan fingerprint density at radius 2 is 1.79 bits per heavy atom. The topological polar surface area (TPSA) is 117 Å². The van der Waals surface area contributed by atoms with Crippen LogP contribution in [0, 0.1) is 0 Å². The van der Waals surface area contributed by atoms with E-state index in [2.05, 4.69) is 15.2 Å². The standard InChI is InChI=1S/C34H36ClN5O6S/c1-44-25-7-9-26(10-8-25)47(42,43)40-29-12-6-24(35)21-28(29)34(33(40)41,39-16-3-4-30(39)32-37-15-19-46-32)27-11-5-23(20-31(27)45-2)22-38-17-13-36-14-18-38/h5-12,15,19-21,30,36H,3-4,13-14,16-18,22H2,1-2H3/t30-,34?/m0/s1. The lowest BCUT2D eigenvalue weighted by Gasteiger charge is -2.41. The molecule has 1 unspecified atom stereocenters. The third-order valence-corrected chi connectivity index (χ3v) is 11.3. The quantitative estimate of drug-likeness (QED) is 0.270. The maximum atomic E-state index is 15.4. The number of fused-ring (bicyclic) bond motifs is 1. The molecular formula is C34H36ClN5O6S. The molecule has 7 rings (SSSR count). The lowest BCUT2D eigenvalue weighted by molar-refractivity contribution is -0.127. The molecule has 11 nitrogen and oxygen atoms in total. The number of carbonyl (C=O) groups excluding carboxylic acids is 1. The number of anilines is 1. The number of halogens is 1. The second kappa shape index (κ2) is 12.6. The molecule has 2 fully saturated rings. The van der Waals surface area contributed by atoms with Gasteiger partial charge in [-0.3, -0.25) is 14.6 Å². The smallest absolute Gasteiger partial charge is 0.271 e. The number of ether oxygens (including phenoxy) is 2. The number of sulfonamides is 1. The zero-order valence-corrected chi connectivity index (χ0v) is 27.8. The average molecular weight is 678 g/mol. The molecule has 0 radical (unpaired) electrons. The number of rotatable bonds is 9. The van der Waals surface area contributed by atoms with Gasteiger partial charge in [0.2, 0.25) is 5.89 Å². The fourth-order valence-corrected chi connectivity index (χ4v) is 8.85. The maximum Gasteiger partial charge on any atom is 0.271 e. The van der Waals surface area contributed by atoms with Crippen molar-refractivity contribution in [2.24, 2.45) is 0 Å². The lowest BCUT2D eigenvalue weighted by atomic mass is 9.80. The van der Waals surface area contributed by atoms with Gasteiger partial charge in [0.25, 0.3) is 15.9 Å². The van der Waals surface area contributed by atoms with Crippen LogP contribution in [-0.4, -0.2) is 76.1 Å². The van der Waals surface area contributed by atoms with Crippen molar-refractivity contribution in [1.29, 1.82) is 0 Å². The van der Waals surface area contributed by atoms with E-state index in [0.29, 0.717) is 53.0 Å². The number of methoxy groups -OCH3 is 2. The normalized spacial score (nSPS) is 22.1. The first kappa shape index (κ1) is 31.6. The molecule has 0 bridgehead atoms. The number of benzene rings is 3. The fourth-order valence-electron chi connectivity index (χ4n) is 7.22. The van der Waals surface area contributed by atoms with E-state index in [0.717, 1.165) is 42.5 Å². The number of carbonyl (C=O) groups is 1. The predicted octanol–water partition coefficient (Wildman–Crippen LogP) is 4.57. The Morgan fingerprint density at radius 3 is 2.49 bits per heavy atom. The van der Waals surface area contributed by atoms with E-state index >= 15 is 4.79 Å². The zero-order chi connectivity index (χ0) is 32.8. The molecular weight excluding hydrogens is 642 g/mol. The minimum Gasteiger partial charge on any atom is -0.497 e. The van der Waals surface area contributed by atoms with Crippen LogP contribution in [-0.2, 0) is 26.9 Å². The number of likely N-dealkylation sites (tertiary alicyclic amines) is 1. The number of hydrogen-bond acceptors (Lipinski definition) is 10. The van der Waals surface area contributed by atoms with Gasteiger partial charge in [-0.25, -0.2) is 17.7 Å². The molecule has 246 valence electrons. The van der Waals surface area contributed by atoms with Crippen LogP contribution in [0.3, 0.4) is 0 Å². The highest BCUT2D eigenvalue weighted by molar-refractivity contribution is 7.93. The lowest BCUT2D eigenvalue weighted by Crippen LogP contribution is -2.54. The van der Waals surface area contributed by atoms with Crippen molar-refractivity contribution in [3.63, 3.8) is 0 Å². The molecule has 1 N–H and O–H groups in total. The molecule has 1 aromatic heterocycles. The van der Waals surface area contributed by atoms with Crippen LogP contribution < -0.4 is 19.1 Å². The van der Waals surface area contributed by atoms with Crippen LogP contribution >= 0.6 is 11.6 Å². The van der Waals surface area contributed by atoms with E-state index in [1.165, 1.54) is 25.5 Å². The Morgan fingerprint density at radius 1 is 1.00 bits per heavy atom. The highest BCUT2D eigenvalue weighted by Gasteiger charge is 2.62. The molecule has 3 aliphatic heterocycles. The Hall–Kier alpha value is -3.94. The summed E-state index contributed by atoms with van der Waals surface area (Å²) in [6.45, 7) is 4.85. The molecule has 47 heavy (non-hydrogen) atoms. The number of piperazine rings is 1. The zero-order valence-electron chi connectivity index (χ0n) is 26.2. The van der Waals surface area contributed by atoms with Crippen molar-refractivity contribution >= 4 is 33.2 Å². The van der Waals surface area contributed by atoms with Crippen molar-refractivity contribution in [3.05, 3.63) is 101 Å². The summed E-state index contributed by atoms with van der Waals surface area (Å²) in [5.41, 5.74) is 0.559. The number of nitrogens with zero attached hydrogens (tertiary/aromatic N) is 4. The Labute approximate surface area is 279 Å². The van der Waals surface area contributed by atoms with Gasteiger partial charge in [0, 0.05) is 55.4 Å². The monoisotopic (exact) mass is 677 g/mol. The van der Waals surface area contributed by atoms with Gasteiger partial charge in [-0.1, -0.05) is 23.7 Å². The minimum atomic E-state index is -4.40. The summed E-state index contributed by atoms with van der Waals surface area (Å²) in [6.07, 6.45) is 4.46. The third-order valence-electron chi connectivity index (χ3n) is 9.35. The summed E-state index contributed by atoms with van der Waals surface area (Å²) < 4.78 is 47.0. The van der Waals surface area contributed by atoms with Crippen molar-refractivity contribution in [3.8, 4) is 11.5 Å². The highest BCUT2D eigenvalue weighted by atomic mass is 35.5.